The van der Waals surface area contributed by atoms with Gasteiger partial charge in [0.2, 0.25) is 0 Å². The van der Waals surface area contributed by atoms with Crippen molar-refractivity contribution in [3.8, 4) is 6.26 Å². The van der Waals surface area contributed by atoms with E-state index in [1.165, 1.54) is 0 Å². The zero-order valence-corrected chi connectivity index (χ0v) is 11.0. The Morgan fingerprint density at radius 1 is 1.33 bits per heavy atom. The first kappa shape index (κ1) is 21.5. The Balaban J connectivity index is 0. The van der Waals surface area contributed by atoms with Crippen molar-refractivity contribution >= 4 is 7.32 Å². The van der Waals surface area contributed by atoms with Gasteiger partial charge < -0.3 is 14.9 Å². The molecule has 122 valence electrons. The molecule has 0 unspecified atom stereocenters. The first-order chi connectivity index (χ1) is 9.73. The first-order valence-electron chi connectivity index (χ1n) is 5.19. The van der Waals surface area contributed by atoms with Gasteiger partial charge in [-0.05, 0) is 6.92 Å². The molecule has 0 aromatic heterocycles. The molecule has 0 amide bonds. The lowest BCUT2D eigenvalue weighted by molar-refractivity contribution is -0.308. The number of halogens is 5. The normalized spacial score (nSPS) is 12.9. The predicted octanol–water partition coefficient (Wildman–Crippen LogP) is 1.83. The zero-order chi connectivity index (χ0) is 16.9. The van der Waals surface area contributed by atoms with E-state index in [9.17, 15) is 22.2 Å². The van der Waals surface area contributed by atoms with Crippen molar-refractivity contribution in [1.82, 2.24) is 9.80 Å². The fourth-order valence-corrected chi connectivity index (χ4v) is 0.954. The molecular formula is C8H13BF5N3O4. The summed E-state index contributed by atoms with van der Waals surface area (Å²) in [5.41, 5.74) is 0. The second kappa shape index (κ2) is 12.0. The summed E-state index contributed by atoms with van der Waals surface area (Å²) >= 11 is 0. The average molecular weight is 321 g/mol. The molecule has 7 nitrogen and oxygen atoms in total. The van der Waals surface area contributed by atoms with Crippen LogP contribution in [0.5, 0.6) is 0 Å². The number of alkyl halides is 3. The number of aliphatic hydroxyl groups is 1. The molecule has 0 aliphatic carbocycles. The van der Waals surface area contributed by atoms with Gasteiger partial charge in [-0.15, -0.1) is 13.2 Å². The Kier molecular flexibility index (Phi) is 12.3. The third kappa shape index (κ3) is 14.4. The van der Waals surface area contributed by atoms with Gasteiger partial charge in [-0.3, -0.25) is 4.65 Å². The monoisotopic (exact) mass is 321 g/mol. The van der Waals surface area contributed by atoms with Crippen LogP contribution in [0.1, 0.15) is 6.92 Å². The number of hydrogen-bond donors (Lipinski definition) is 1. The highest BCUT2D eigenvalue weighted by Crippen LogP contribution is 2.18. The molecule has 0 radical (unpaired) electrons. The van der Waals surface area contributed by atoms with E-state index in [1.54, 1.807) is 0 Å². The maximum atomic E-state index is 11.0. The lowest BCUT2D eigenvalue weighted by Gasteiger charge is -2.14. The summed E-state index contributed by atoms with van der Waals surface area (Å²) in [6.07, 6.45) is -0.258. The SMILES string of the molecule is CCN1C=CN(C)C1.FOB(OF)OC(F)(F)F.N#CO. The summed E-state index contributed by atoms with van der Waals surface area (Å²) < 4.78 is 56.8. The van der Waals surface area contributed by atoms with E-state index in [-0.39, 0.29) is 0 Å². The average Bonchev–Trinajstić information content (AvgIpc) is 2.82. The second-order valence-electron chi connectivity index (χ2n) is 3.23. The molecule has 0 aromatic carbocycles. The number of rotatable bonds is 4. The minimum Gasteiger partial charge on any atom is -0.443 e. The number of aliphatic hydroxyl groups excluding tert-OH is 1. The maximum Gasteiger partial charge on any atom is 0.711 e. The van der Waals surface area contributed by atoms with Crippen LogP contribution in [0.4, 0.5) is 22.2 Å². The molecule has 1 rings (SSSR count). The van der Waals surface area contributed by atoms with Gasteiger partial charge in [0, 0.05) is 26.0 Å². The molecule has 0 fully saturated rings. The molecule has 1 aliphatic heterocycles. The van der Waals surface area contributed by atoms with Crippen molar-refractivity contribution in [2.45, 2.75) is 13.3 Å². The summed E-state index contributed by atoms with van der Waals surface area (Å²) in [5, 5.41) is 13.8. The molecule has 1 heterocycles. The van der Waals surface area contributed by atoms with Crippen LogP contribution in [-0.2, 0) is 14.4 Å². The Labute approximate surface area is 117 Å². The van der Waals surface area contributed by atoms with E-state index < -0.39 is 13.7 Å². The Morgan fingerprint density at radius 3 is 1.95 bits per heavy atom. The van der Waals surface area contributed by atoms with Crippen molar-refractivity contribution in [3.63, 3.8) is 0 Å². The van der Waals surface area contributed by atoms with Gasteiger partial charge in [-0.2, -0.15) is 15.0 Å². The van der Waals surface area contributed by atoms with Gasteiger partial charge >= 0.3 is 13.7 Å². The van der Waals surface area contributed by atoms with Crippen molar-refractivity contribution in [2.24, 2.45) is 0 Å². The van der Waals surface area contributed by atoms with Gasteiger partial charge in [-0.1, -0.05) is 9.05 Å². The van der Waals surface area contributed by atoms with Gasteiger partial charge in [0.25, 0.3) is 6.26 Å². The van der Waals surface area contributed by atoms with E-state index >= 15 is 0 Å². The lowest BCUT2D eigenvalue weighted by Crippen LogP contribution is -2.29. The standard InChI is InChI=1S/C6H12N2.CBF5O3.CHNO/c1-3-8-5-4-7(2)6-8;3-1(4,5)8-2(9-6)10-7;2-1-3/h4-5H,3,6H2,1-2H3;;3H. The lowest BCUT2D eigenvalue weighted by atomic mass is 10.3. The zero-order valence-electron chi connectivity index (χ0n) is 11.0. The molecule has 0 atom stereocenters. The van der Waals surface area contributed by atoms with Gasteiger partial charge in [-0.25, -0.2) is 0 Å². The third-order valence-corrected chi connectivity index (χ3v) is 1.72. The van der Waals surface area contributed by atoms with Gasteiger partial charge in [0.05, 0.1) is 6.67 Å². The highest BCUT2D eigenvalue weighted by atomic mass is 19.4. The van der Waals surface area contributed by atoms with E-state index in [0.29, 0.717) is 0 Å². The molecule has 0 aromatic rings. The summed E-state index contributed by atoms with van der Waals surface area (Å²) in [6, 6.07) is 0. The summed E-state index contributed by atoms with van der Waals surface area (Å²) in [5.74, 6) is 0. The Hall–Kier alpha value is -1.78. The molecule has 0 spiro atoms. The Bertz CT molecular complexity index is 324. The van der Waals surface area contributed by atoms with Crippen molar-refractivity contribution in [2.75, 3.05) is 20.3 Å². The number of nitriles is 1. The fourth-order valence-electron chi connectivity index (χ4n) is 0.954. The van der Waals surface area contributed by atoms with Crippen molar-refractivity contribution in [1.29, 1.82) is 5.26 Å². The van der Waals surface area contributed by atoms with Crippen LogP contribution in [0.15, 0.2) is 12.4 Å². The molecule has 0 bridgehead atoms. The quantitative estimate of drug-likeness (QED) is 0.481. The van der Waals surface area contributed by atoms with Crippen LogP contribution >= 0.6 is 0 Å². The van der Waals surface area contributed by atoms with E-state index in [2.05, 4.69) is 50.5 Å². The minimum atomic E-state index is -5.21. The topological polar surface area (TPSA) is 78.2 Å². The minimum absolute atomic E-state index is 0.750. The van der Waals surface area contributed by atoms with Gasteiger partial charge in [0.1, 0.15) is 0 Å². The van der Waals surface area contributed by atoms with Crippen LogP contribution < -0.4 is 0 Å². The van der Waals surface area contributed by atoms with E-state index in [1.807, 2.05) is 0 Å². The molecule has 1 N–H and O–H groups in total. The largest absolute Gasteiger partial charge is 0.711 e. The van der Waals surface area contributed by atoms with Crippen molar-refractivity contribution in [3.05, 3.63) is 12.4 Å². The maximum absolute atomic E-state index is 11.0. The summed E-state index contributed by atoms with van der Waals surface area (Å²) in [4.78, 5) is 8.88. The summed E-state index contributed by atoms with van der Waals surface area (Å²) in [6.45, 7) is 4.32. The molecule has 1 aliphatic rings. The van der Waals surface area contributed by atoms with Gasteiger partial charge in [0.15, 0.2) is 0 Å². The van der Waals surface area contributed by atoms with Crippen LogP contribution in [0.2, 0.25) is 0 Å². The van der Waals surface area contributed by atoms with Crippen LogP contribution in [0.25, 0.3) is 0 Å². The third-order valence-electron chi connectivity index (χ3n) is 1.72. The molecule has 0 saturated heterocycles. The number of nitrogens with zero attached hydrogens (tertiary/aromatic N) is 3. The van der Waals surface area contributed by atoms with E-state index in [4.69, 9.17) is 10.4 Å². The summed E-state index contributed by atoms with van der Waals surface area (Å²) in [7, 11) is -0.938. The van der Waals surface area contributed by atoms with Crippen LogP contribution in [0, 0.1) is 11.5 Å². The van der Waals surface area contributed by atoms with Crippen LogP contribution in [0.3, 0.4) is 0 Å². The van der Waals surface area contributed by atoms with Crippen molar-refractivity contribution < 1.29 is 41.7 Å². The molecule has 0 saturated carbocycles. The molecule has 21 heavy (non-hydrogen) atoms. The molecule has 13 heteroatoms. The number of hydrogen-bond acceptors (Lipinski definition) is 7. The van der Waals surface area contributed by atoms with E-state index in [0.717, 1.165) is 19.5 Å². The van der Waals surface area contributed by atoms with Crippen LogP contribution in [-0.4, -0.2) is 48.9 Å². The predicted molar refractivity (Wildman–Crippen MR) is 59.0 cm³/mol. The Morgan fingerprint density at radius 2 is 1.81 bits per heavy atom. The first-order valence-corrected chi connectivity index (χ1v) is 5.19. The molecular weight excluding hydrogens is 308 g/mol. The highest BCUT2D eigenvalue weighted by molar-refractivity contribution is 6.35. The second-order valence-corrected chi connectivity index (χ2v) is 3.23. The fraction of sp³-hybridized carbons (Fsp3) is 0.625. The highest BCUT2D eigenvalue weighted by Gasteiger charge is 2.41. The smallest absolute Gasteiger partial charge is 0.443 e.